The van der Waals surface area contributed by atoms with Crippen LogP contribution < -0.4 is 21.0 Å². The van der Waals surface area contributed by atoms with Gasteiger partial charge in [-0.25, -0.2) is 4.79 Å². The number of hydrogen-bond donors (Lipinski definition) is 3. The van der Waals surface area contributed by atoms with Crippen LogP contribution in [0.25, 0.3) is 11.1 Å². The maximum atomic E-state index is 14.8. The molecule has 7 nitrogen and oxygen atoms in total. The summed E-state index contributed by atoms with van der Waals surface area (Å²) in [6, 6.07) is 74.2. The number of rotatable bonds is 19. The second-order valence-corrected chi connectivity index (χ2v) is 24.4. The molecule has 8 heteroatoms. The Morgan fingerprint density at radius 3 is 1.57 bits per heavy atom. The lowest BCUT2D eigenvalue weighted by atomic mass is 9.76. The summed E-state index contributed by atoms with van der Waals surface area (Å²) in [7, 11) is -2.79. The minimum Gasteiger partial charge on any atom is -0.465 e. The van der Waals surface area contributed by atoms with Crippen molar-refractivity contribution in [2.45, 2.75) is 76.1 Å². The Morgan fingerprint density at radius 2 is 1.07 bits per heavy atom. The summed E-state index contributed by atoms with van der Waals surface area (Å²) in [6.07, 6.45) is 0.491. The Labute approximate surface area is 426 Å². The molecule has 0 unspecified atom stereocenters. The van der Waals surface area contributed by atoms with Crippen molar-refractivity contribution in [2.24, 2.45) is 0 Å². The SMILES string of the molecule is Cc1ccc(C(NCCCC[C@@H](C(=O)Nc2ccc(CO[Si](c3ccccc3)(c3ccccc3)C(C)(C)C)cc2)N(CC2c3ccccc3-c3ccccc32)C(=O)O)(c2ccccc2)c2ccccc2)cc1. The van der Waals surface area contributed by atoms with Gasteiger partial charge in [0.15, 0.2) is 0 Å². The fraction of sp³-hybridized carbons (Fsp3) is 0.219. The predicted octanol–water partition coefficient (Wildman–Crippen LogP) is 12.9. The van der Waals surface area contributed by atoms with Crippen molar-refractivity contribution in [1.82, 2.24) is 10.2 Å². The van der Waals surface area contributed by atoms with Crippen LogP contribution in [0.1, 0.15) is 84.9 Å². The molecular weight excluding hydrogens is 903 g/mol. The lowest BCUT2D eigenvalue weighted by molar-refractivity contribution is -0.121. The van der Waals surface area contributed by atoms with Gasteiger partial charge in [-0.05, 0) is 105 Å². The molecule has 364 valence electrons. The quantitative estimate of drug-likeness (QED) is 0.0427. The van der Waals surface area contributed by atoms with E-state index in [2.05, 4.69) is 184 Å². The van der Waals surface area contributed by atoms with E-state index >= 15 is 0 Å². The molecule has 9 rings (SSSR count). The van der Waals surface area contributed by atoms with Crippen molar-refractivity contribution >= 4 is 36.4 Å². The molecule has 0 heterocycles. The summed E-state index contributed by atoms with van der Waals surface area (Å²) in [5, 5.41) is 20.5. The molecule has 0 aliphatic heterocycles. The van der Waals surface area contributed by atoms with Crippen LogP contribution in [0.2, 0.25) is 5.04 Å². The summed E-state index contributed by atoms with van der Waals surface area (Å²) < 4.78 is 7.22. The van der Waals surface area contributed by atoms with Crippen molar-refractivity contribution in [3.05, 3.63) is 257 Å². The summed E-state index contributed by atoms with van der Waals surface area (Å²) in [4.78, 5) is 29.8. The first-order valence-electron chi connectivity index (χ1n) is 25.3. The van der Waals surface area contributed by atoms with Crippen LogP contribution in [0.4, 0.5) is 10.5 Å². The van der Waals surface area contributed by atoms with Gasteiger partial charge in [0, 0.05) is 18.2 Å². The third-order valence-corrected chi connectivity index (χ3v) is 19.5. The number of benzene rings is 8. The molecule has 0 saturated carbocycles. The lowest BCUT2D eigenvalue weighted by Gasteiger charge is -2.43. The highest BCUT2D eigenvalue weighted by Crippen LogP contribution is 2.45. The fourth-order valence-electron chi connectivity index (χ4n) is 11.0. The Balaban J connectivity index is 0.973. The van der Waals surface area contributed by atoms with Gasteiger partial charge in [-0.3, -0.25) is 15.0 Å². The third-order valence-electron chi connectivity index (χ3n) is 14.6. The van der Waals surface area contributed by atoms with E-state index in [-0.39, 0.29) is 23.4 Å². The molecule has 0 fully saturated rings. The highest BCUT2D eigenvalue weighted by atomic mass is 28.4. The van der Waals surface area contributed by atoms with E-state index in [1.54, 1.807) is 0 Å². The molecule has 0 radical (unpaired) electrons. The first-order chi connectivity index (χ1) is 35.0. The van der Waals surface area contributed by atoms with E-state index in [9.17, 15) is 14.7 Å². The van der Waals surface area contributed by atoms with Crippen LogP contribution in [0, 0.1) is 6.92 Å². The van der Waals surface area contributed by atoms with Crippen molar-refractivity contribution in [3.8, 4) is 11.1 Å². The molecule has 0 bridgehead atoms. The normalized spacial score (nSPS) is 12.9. The molecule has 1 aliphatic carbocycles. The van der Waals surface area contributed by atoms with Gasteiger partial charge in [-0.2, -0.15) is 0 Å². The second-order valence-electron chi connectivity index (χ2n) is 20.1. The number of unbranched alkanes of at least 4 members (excludes halogenated alkanes) is 1. The maximum absolute atomic E-state index is 14.8. The standard InChI is InChI=1S/C64H65N3O4Si/c1-47-36-40-51(41-37-47)64(49-23-9-5-10-24-49,50-25-11-6-12-26-50)65-44-22-21-35-60(67(62(69)70)45-59-57-33-19-17-31-55(57)56-32-18-20-34-58(56)59)61(68)66-52-42-38-48(39-43-52)46-71-72(63(2,3)4,53-27-13-7-14-28-53)54-29-15-8-16-30-54/h5-20,23-34,36-43,59-60,65H,21-22,35,44-46H2,1-4H3,(H,66,68)(H,69,70)/t60-/m0/s1. The van der Waals surface area contributed by atoms with Crippen LogP contribution in [-0.4, -0.2) is 49.5 Å². The van der Waals surface area contributed by atoms with Gasteiger partial charge in [0.25, 0.3) is 8.32 Å². The number of carbonyl (C=O) groups is 2. The van der Waals surface area contributed by atoms with Gasteiger partial charge in [-0.1, -0.05) is 233 Å². The average Bonchev–Trinajstić information content (AvgIpc) is 3.72. The van der Waals surface area contributed by atoms with Crippen molar-refractivity contribution in [3.63, 3.8) is 0 Å². The van der Waals surface area contributed by atoms with Crippen LogP contribution in [0.15, 0.2) is 218 Å². The zero-order valence-electron chi connectivity index (χ0n) is 41.8. The largest absolute Gasteiger partial charge is 0.465 e. The van der Waals surface area contributed by atoms with E-state index in [1.807, 2.05) is 72.8 Å². The minimum absolute atomic E-state index is 0.136. The molecule has 0 spiro atoms. The predicted molar refractivity (Wildman–Crippen MR) is 296 cm³/mol. The molecule has 1 aliphatic rings. The Bertz CT molecular complexity index is 2930. The topological polar surface area (TPSA) is 90.9 Å². The molecule has 0 saturated heterocycles. The number of hydrogen-bond acceptors (Lipinski definition) is 4. The van der Waals surface area contributed by atoms with Gasteiger partial charge >= 0.3 is 6.09 Å². The highest BCUT2D eigenvalue weighted by Gasteiger charge is 2.50. The summed E-state index contributed by atoms with van der Waals surface area (Å²) in [6.45, 7) is 10.0. The smallest absolute Gasteiger partial charge is 0.408 e. The summed E-state index contributed by atoms with van der Waals surface area (Å²) in [5.74, 6) is -0.587. The number of aryl methyl sites for hydroxylation is 1. The zero-order chi connectivity index (χ0) is 50.1. The van der Waals surface area contributed by atoms with Crippen LogP contribution >= 0.6 is 0 Å². The Morgan fingerprint density at radius 1 is 0.597 bits per heavy atom. The van der Waals surface area contributed by atoms with E-state index in [1.165, 1.54) is 20.8 Å². The number of nitrogens with one attached hydrogen (secondary N) is 2. The van der Waals surface area contributed by atoms with Gasteiger partial charge in [0.2, 0.25) is 5.91 Å². The van der Waals surface area contributed by atoms with Crippen molar-refractivity contribution in [2.75, 3.05) is 18.4 Å². The maximum Gasteiger partial charge on any atom is 0.408 e. The van der Waals surface area contributed by atoms with Gasteiger partial charge in [-0.15, -0.1) is 0 Å². The molecule has 8 aromatic rings. The number of amides is 2. The number of carbonyl (C=O) groups excluding carboxylic acids is 1. The van der Waals surface area contributed by atoms with E-state index in [0.717, 1.165) is 44.5 Å². The zero-order valence-corrected chi connectivity index (χ0v) is 42.8. The lowest BCUT2D eigenvalue weighted by Crippen LogP contribution is -2.66. The second kappa shape index (κ2) is 22.0. The molecule has 3 N–H and O–H groups in total. The van der Waals surface area contributed by atoms with Gasteiger partial charge in [0.05, 0.1) is 12.1 Å². The monoisotopic (exact) mass is 967 g/mol. The van der Waals surface area contributed by atoms with E-state index < -0.39 is 26.0 Å². The average molecular weight is 968 g/mol. The number of carboxylic acid groups (broad SMARTS) is 1. The summed E-state index contributed by atoms with van der Waals surface area (Å²) in [5.41, 5.74) is 9.79. The van der Waals surface area contributed by atoms with Crippen molar-refractivity contribution < 1.29 is 19.1 Å². The number of fused-ring (bicyclic) bond motifs is 3. The Kier molecular flexibility index (Phi) is 15.1. The van der Waals surface area contributed by atoms with Crippen LogP contribution in [-0.2, 0) is 21.4 Å². The highest BCUT2D eigenvalue weighted by molar-refractivity contribution is 6.99. The molecular formula is C64H65N3O4Si. The Hall–Kier alpha value is -7.36. The van der Waals surface area contributed by atoms with E-state index in [0.29, 0.717) is 38.1 Å². The number of anilines is 1. The van der Waals surface area contributed by atoms with Gasteiger partial charge in [0.1, 0.15) is 6.04 Å². The van der Waals surface area contributed by atoms with E-state index in [4.69, 9.17) is 4.43 Å². The third kappa shape index (κ3) is 10.2. The number of nitrogens with zero attached hydrogens (tertiary/aromatic N) is 1. The molecule has 2 amide bonds. The first-order valence-corrected chi connectivity index (χ1v) is 27.2. The van der Waals surface area contributed by atoms with Crippen LogP contribution in [0.3, 0.4) is 0 Å². The molecule has 8 aromatic carbocycles. The first kappa shape index (κ1) is 49.6. The molecule has 0 aromatic heterocycles. The molecule has 72 heavy (non-hydrogen) atoms. The minimum atomic E-state index is -2.79. The fourth-order valence-corrected chi connectivity index (χ4v) is 15.5. The molecule has 1 atom stereocenters. The van der Waals surface area contributed by atoms with Gasteiger partial charge < -0.3 is 14.8 Å². The summed E-state index contributed by atoms with van der Waals surface area (Å²) >= 11 is 0. The van der Waals surface area contributed by atoms with Crippen molar-refractivity contribution in [1.29, 1.82) is 0 Å². The van der Waals surface area contributed by atoms with Crippen LogP contribution in [0.5, 0.6) is 0 Å².